The zero-order chi connectivity index (χ0) is 13.0. The molecule has 0 saturated carbocycles. The minimum Gasteiger partial charge on any atom is -0.480 e. The molecule has 0 aliphatic carbocycles. The second-order valence-electron chi connectivity index (χ2n) is 4.70. The molecule has 1 amide bonds. The fourth-order valence-corrected chi connectivity index (χ4v) is 1.89. The van der Waals surface area contributed by atoms with Crippen LogP contribution in [-0.4, -0.2) is 53.7 Å². The molecule has 1 aliphatic heterocycles. The summed E-state index contributed by atoms with van der Waals surface area (Å²) in [7, 11) is 0. The maximum Gasteiger partial charge on any atom is 0.328 e. The van der Waals surface area contributed by atoms with Crippen LogP contribution in [0, 0.1) is 5.92 Å². The van der Waals surface area contributed by atoms with Crippen molar-refractivity contribution in [2.24, 2.45) is 11.7 Å². The summed E-state index contributed by atoms with van der Waals surface area (Å²) in [6.45, 7) is 4.64. The Kier molecular flexibility index (Phi) is 4.89. The summed E-state index contributed by atoms with van der Waals surface area (Å²) in [4.78, 5) is 24.3. The molecule has 0 aromatic carbocycles. The Morgan fingerprint density at radius 1 is 1.53 bits per heavy atom. The van der Waals surface area contributed by atoms with E-state index < -0.39 is 18.1 Å². The molecular weight excluding hydrogens is 224 g/mol. The van der Waals surface area contributed by atoms with Gasteiger partial charge in [0.25, 0.3) is 0 Å². The Morgan fingerprint density at radius 2 is 2.18 bits per heavy atom. The zero-order valence-corrected chi connectivity index (χ0v) is 10.3. The van der Waals surface area contributed by atoms with Gasteiger partial charge in [0, 0.05) is 6.54 Å². The van der Waals surface area contributed by atoms with Crippen molar-refractivity contribution >= 4 is 11.9 Å². The van der Waals surface area contributed by atoms with E-state index in [0.717, 1.165) is 0 Å². The highest BCUT2D eigenvalue weighted by molar-refractivity contribution is 5.87. The maximum atomic E-state index is 12.0. The number of ether oxygens (including phenoxy) is 1. The monoisotopic (exact) mass is 244 g/mol. The smallest absolute Gasteiger partial charge is 0.328 e. The maximum absolute atomic E-state index is 12.0. The van der Waals surface area contributed by atoms with Crippen molar-refractivity contribution in [3.05, 3.63) is 0 Å². The van der Waals surface area contributed by atoms with E-state index in [1.165, 1.54) is 4.90 Å². The van der Waals surface area contributed by atoms with Crippen LogP contribution >= 0.6 is 0 Å². The molecule has 0 aromatic heterocycles. The van der Waals surface area contributed by atoms with E-state index >= 15 is 0 Å². The number of hydrogen-bond donors (Lipinski definition) is 2. The molecule has 17 heavy (non-hydrogen) atoms. The van der Waals surface area contributed by atoms with E-state index in [-0.39, 0.29) is 12.5 Å². The van der Waals surface area contributed by atoms with Crippen LogP contribution in [0.2, 0.25) is 0 Å². The number of amides is 1. The summed E-state index contributed by atoms with van der Waals surface area (Å²) < 4.78 is 5.07. The van der Waals surface area contributed by atoms with Gasteiger partial charge in [-0.3, -0.25) is 4.79 Å². The first kappa shape index (κ1) is 13.9. The lowest BCUT2D eigenvalue weighted by molar-refractivity contribution is -0.159. The van der Waals surface area contributed by atoms with Gasteiger partial charge >= 0.3 is 5.97 Å². The lowest BCUT2D eigenvalue weighted by Crippen LogP contribution is -2.57. The van der Waals surface area contributed by atoms with Gasteiger partial charge in [-0.15, -0.1) is 0 Å². The largest absolute Gasteiger partial charge is 0.480 e. The number of aliphatic carboxylic acids is 1. The van der Waals surface area contributed by atoms with Crippen LogP contribution in [0.25, 0.3) is 0 Å². The van der Waals surface area contributed by atoms with Crippen molar-refractivity contribution in [1.82, 2.24) is 4.90 Å². The summed E-state index contributed by atoms with van der Waals surface area (Å²) in [6.07, 6.45) is 0.558. The van der Waals surface area contributed by atoms with Gasteiger partial charge in [-0.25, -0.2) is 4.79 Å². The molecule has 1 unspecified atom stereocenters. The molecule has 0 aromatic rings. The standard InChI is InChI=1S/C11H20N2O4/c1-7(2)5-8(12)10(14)13-3-4-17-6-9(13)11(15)16/h7-9H,3-6,12H2,1-2H3,(H,15,16)/t8-,9?/m1/s1. The normalized spacial score (nSPS) is 22.6. The molecule has 1 fully saturated rings. The molecule has 1 heterocycles. The third kappa shape index (κ3) is 3.67. The number of carbonyl (C=O) groups excluding carboxylic acids is 1. The number of rotatable bonds is 4. The van der Waals surface area contributed by atoms with Crippen LogP contribution in [0.4, 0.5) is 0 Å². The molecule has 0 spiro atoms. The highest BCUT2D eigenvalue weighted by Crippen LogP contribution is 2.12. The molecule has 3 N–H and O–H groups in total. The molecule has 0 radical (unpaired) electrons. The van der Waals surface area contributed by atoms with Crippen LogP contribution in [0.3, 0.4) is 0 Å². The number of nitrogens with two attached hydrogens (primary N) is 1. The Morgan fingerprint density at radius 3 is 2.71 bits per heavy atom. The van der Waals surface area contributed by atoms with Gasteiger partial charge in [-0.2, -0.15) is 0 Å². The molecular formula is C11H20N2O4. The third-order valence-electron chi connectivity index (χ3n) is 2.74. The van der Waals surface area contributed by atoms with E-state index in [1.807, 2.05) is 13.8 Å². The van der Waals surface area contributed by atoms with Gasteiger partial charge in [-0.05, 0) is 12.3 Å². The predicted molar refractivity (Wildman–Crippen MR) is 61.4 cm³/mol. The Bertz CT molecular complexity index is 293. The Labute approximate surface area is 101 Å². The van der Waals surface area contributed by atoms with Crippen LogP contribution in [0.1, 0.15) is 20.3 Å². The second-order valence-corrected chi connectivity index (χ2v) is 4.70. The van der Waals surface area contributed by atoms with Crippen molar-refractivity contribution in [1.29, 1.82) is 0 Å². The van der Waals surface area contributed by atoms with Crippen molar-refractivity contribution in [2.45, 2.75) is 32.4 Å². The number of hydrogen-bond acceptors (Lipinski definition) is 4. The van der Waals surface area contributed by atoms with Crippen molar-refractivity contribution < 1.29 is 19.4 Å². The molecule has 2 atom stereocenters. The van der Waals surface area contributed by atoms with E-state index in [9.17, 15) is 9.59 Å². The second kappa shape index (κ2) is 5.97. The average molecular weight is 244 g/mol. The van der Waals surface area contributed by atoms with E-state index in [0.29, 0.717) is 25.5 Å². The highest BCUT2D eigenvalue weighted by atomic mass is 16.5. The lowest BCUT2D eigenvalue weighted by Gasteiger charge is -2.34. The van der Waals surface area contributed by atoms with Gasteiger partial charge < -0.3 is 20.5 Å². The summed E-state index contributed by atoms with van der Waals surface area (Å²) in [6, 6.07) is -1.54. The van der Waals surface area contributed by atoms with Crippen LogP contribution in [0.5, 0.6) is 0 Å². The third-order valence-corrected chi connectivity index (χ3v) is 2.74. The van der Waals surface area contributed by atoms with Crippen molar-refractivity contribution in [3.8, 4) is 0 Å². The molecule has 1 rings (SSSR count). The molecule has 1 saturated heterocycles. The number of morpholine rings is 1. The fraction of sp³-hybridized carbons (Fsp3) is 0.818. The highest BCUT2D eigenvalue weighted by Gasteiger charge is 2.34. The Hall–Kier alpha value is -1.14. The van der Waals surface area contributed by atoms with Gasteiger partial charge in [-0.1, -0.05) is 13.8 Å². The van der Waals surface area contributed by atoms with Gasteiger partial charge in [0.05, 0.1) is 19.3 Å². The minimum absolute atomic E-state index is 0.0372. The van der Waals surface area contributed by atoms with Crippen LogP contribution in [0.15, 0.2) is 0 Å². The summed E-state index contributed by atoms with van der Waals surface area (Å²) in [5, 5.41) is 9.01. The first-order valence-corrected chi connectivity index (χ1v) is 5.80. The molecule has 6 nitrogen and oxygen atoms in total. The van der Waals surface area contributed by atoms with Crippen LogP contribution in [-0.2, 0) is 14.3 Å². The number of carbonyl (C=O) groups is 2. The summed E-state index contributed by atoms with van der Waals surface area (Å²) >= 11 is 0. The molecule has 1 aliphatic rings. The van der Waals surface area contributed by atoms with Crippen molar-refractivity contribution in [2.75, 3.05) is 19.8 Å². The SMILES string of the molecule is CC(C)C[C@@H](N)C(=O)N1CCOCC1C(=O)O. The number of carboxylic acids is 1. The van der Waals surface area contributed by atoms with Gasteiger partial charge in [0.1, 0.15) is 0 Å². The van der Waals surface area contributed by atoms with Gasteiger partial charge in [0.15, 0.2) is 6.04 Å². The summed E-state index contributed by atoms with van der Waals surface area (Å²) in [5.74, 6) is -1.04. The topological polar surface area (TPSA) is 92.9 Å². The quantitative estimate of drug-likeness (QED) is 0.706. The summed E-state index contributed by atoms with van der Waals surface area (Å²) in [5.41, 5.74) is 5.79. The Balaban J connectivity index is 2.67. The lowest BCUT2D eigenvalue weighted by atomic mass is 10.0. The molecule has 0 bridgehead atoms. The predicted octanol–water partition coefficient (Wildman–Crippen LogP) is -0.328. The average Bonchev–Trinajstić information content (AvgIpc) is 2.27. The molecule has 98 valence electrons. The van der Waals surface area contributed by atoms with E-state index in [4.69, 9.17) is 15.6 Å². The van der Waals surface area contributed by atoms with Crippen molar-refractivity contribution in [3.63, 3.8) is 0 Å². The number of carboxylic acid groups (broad SMARTS) is 1. The van der Waals surface area contributed by atoms with E-state index in [1.54, 1.807) is 0 Å². The first-order chi connectivity index (χ1) is 7.93. The first-order valence-electron chi connectivity index (χ1n) is 5.80. The zero-order valence-electron chi connectivity index (χ0n) is 10.3. The number of nitrogens with zero attached hydrogens (tertiary/aromatic N) is 1. The van der Waals surface area contributed by atoms with E-state index in [2.05, 4.69) is 0 Å². The van der Waals surface area contributed by atoms with Crippen LogP contribution < -0.4 is 5.73 Å². The molecule has 6 heteroatoms. The minimum atomic E-state index is -1.05. The fourth-order valence-electron chi connectivity index (χ4n) is 1.89. The van der Waals surface area contributed by atoms with Gasteiger partial charge in [0.2, 0.25) is 5.91 Å².